The summed E-state index contributed by atoms with van der Waals surface area (Å²) in [6.45, 7) is 8.02. The Morgan fingerprint density at radius 1 is 1.13 bits per heavy atom. The number of rotatable bonds is 3. The fourth-order valence-electron chi connectivity index (χ4n) is 4.62. The molecule has 0 spiro atoms. The van der Waals surface area contributed by atoms with E-state index in [4.69, 9.17) is 0 Å². The highest BCUT2D eigenvalue weighted by Crippen LogP contribution is 2.35. The first-order valence-electron chi connectivity index (χ1n) is 9.48. The fourth-order valence-corrected chi connectivity index (χ4v) is 4.62. The van der Waals surface area contributed by atoms with Crippen molar-refractivity contribution in [2.24, 2.45) is 5.92 Å². The van der Waals surface area contributed by atoms with Crippen molar-refractivity contribution in [2.45, 2.75) is 84.7 Å². The lowest BCUT2D eigenvalue weighted by Crippen LogP contribution is -2.45. The molecular formula is C19H31N3O. The van der Waals surface area contributed by atoms with E-state index in [2.05, 4.69) is 23.8 Å². The van der Waals surface area contributed by atoms with E-state index < -0.39 is 0 Å². The zero-order valence-electron chi connectivity index (χ0n) is 15.0. The number of nitrogens with zero attached hydrogens (tertiary/aromatic N) is 3. The first kappa shape index (κ1) is 16.5. The third-order valence-electron chi connectivity index (χ3n) is 5.78. The summed E-state index contributed by atoms with van der Waals surface area (Å²) in [5.74, 6) is 0.961. The van der Waals surface area contributed by atoms with Gasteiger partial charge in [-0.2, -0.15) is 5.10 Å². The predicted octanol–water partition coefficient (Wildman–Crippen LogP) is 4.09. The minimum absolute atomic E-state index is 0.237. The summed E-state index contributed by atoms with van der Waals surface area (Å²) in [6, 6.07) is 0.465. The van der Waals surface area contributed by atoms with Crippen LogP contribution in [0.25, 0.3) is 0 Å². The molecule has 23 heavy (non-hydrogen) atoms. The summed E-state index contributed by atoms with van der Waals surface area (Å²) >= 11 is 0. The molecule has 1 aromatic rings. The quantitative estimate of drug-likeness (QED) is 0.842. The lowest BCUT2D eigenvalue weighted by atomic mass is 9.81. The van der Waals surface area contributed by atoms with Crippen LogP contribution in [0.3, 0.4) is 0 Å². The van der Waals surface area contributed by atoms with Crippen molar-refractivity contribution in [2.75, 3.05) is 6.54 Å². The third kappa shape index (κ3) is 3.17. The molecule has 1 aliphatic heterocycles. The lowest BCUT2D eigenvalue weighted by molar-refractivity contribution is 0.0567. The summed E-state index contributed by atoms with van der Waals surface area (Å²) in [7, 11) is 0. The average Bonchev–Trinajstić information content (AvgIpc) is 2.73. The SMILES string of the molecule is CCCn1nc(C)c(C(=O)N2CCCC[C@H]3CCCC[C@H]32)c1C. The molecule has 1 aromatic heterocycles. The van der Waals surface area contributed by atoms with Gasteiger partial charge in [-0.1, -0.05) is 26.2 Å². The van der Waals surface area contributed by atoms with Gasteiger partial charge < -0.3 is 4.90 Å². The van der Waals surface area contributed by atoms with E-state index in [9.17, 15) is 4.79 Å². The molecule has 4 nitrogen and oxygen atoms in total. The lowest BCUT2D eigenvalue weighted by Gasteiger charge is -2.38. The Morgan fingerprint density at radius 2 is 1.83 bits per heavy atom. The highest BCUT2D eigenvalue weighted by molar-refractivity contribution is 5.96. The largest absolute Gasteiger partial charge is 0.335 e. The Morgan fingerprint density at radius 3 is 2.57 bits per heavy atom. The summed E-state index contributed by atoms with van der Waals surface area (Å²) < 4.78 is 2.01. The predicted molar refractivity (Wildman–Crippen MR) is 92.6 cm³/mol. The number of likely N-dealkylation sites (tertiary alicyclic amines) is 1. The van der Waals surface area contributed by atoms with Crippen LogP contribution in [-0.4, -0.2) is 33.2 Å². The number of aromatic nitrogens is 2. The number of carbonyl (C=O) groups is 1. The summed E-state index contributed by atoms with van der Waals surface area (Å²) in [4.78, 5) is 15.6. The normalized spacial score (nSPS) is 25.1. The molecule has 2 heterocycles. The molecule has 1 saturated carbocycles. The van der Waals surface area contributed by atoms with Crippen molar-refractivity contribution in [3.63, 3.8) is 0 Å². The van der Waals surface area contributed by atoms with Crippen LogP contribution in [0.5, 0.6) is 0 Å². The molecule has 3 rings (SSSR count). The minimum atomic E-state index is 0.237. The summed E-state index contributed by atoms with van der Waals surface area (Å²) in [5.41, 5.74) is 2.81. The number of aryl methyl sites for hydroxylation is 2. The number of hydrogen-bond acceptors (Lipinski definition) is 2. The second kappa shape index (κ2) is 7.06. The zero-order chi connectivity index (χ0) is 16.4. The van der Waals surface area contributed by atoms with Gasteiger partial charge in [0.15, 0.2) is 0 Å². The Hall–Kier alpha value is -1.32. The van der Waals surface area contributed by atoms with Crippen molar-refractivity contribution in [1.29, 1.82) is 0 Å². The standard InChI is InChI=1S/C19H31N3O/c1-4-12-22-15(3)18(14(2)20-22)19(23)21-13-8-7-10-16-9-5-6-11-17(16)21/h16-17H,4-13H2,1-3H3/t16-,17-/m1/s1. The van der Waals surface area contributed by atoms with Crippen LogP contribution < -0.4 is 0 Å². The van der Waals surface area contributed by atoms with Gasteiger partial charge in [0.1, 0.15) is 0 Å². The van der Waals surface area contributed by atoms with Gasteiger partial charge in [0.25, 0.3) is 5.91 Å². The van der Waals surface area contributed by atoms with Crippen molar-refractivity contribution in [3.8, 4) is 0 Å². The highest BCUT2D eigenvalue weighted by Gasteiger charge is 2.36. The van der Waals surface area contributed by atoms with Crippen molar-refractivity contribution < 1.29 is 4.79 Å². The van der Waals surface area contributed by atoms with Gasteiger partial charge in [0.2, 0.25) is 0 Å². The number of carbonyl (C=O) groups excluding carboxylic acids is 1. The molecule has 2 aliphatic rings. The molecule has 1 saturated heterocycles. The van der Waals surface area contributed by atoms with E-state index in [0.29, 0.717) is 6.04 Å². The van der Waals surface area contributed by atoms with Gasteiger partial charge in [-0.25, -0.2) is 0 Å². The van der Waals surface area contributed by atoms with E-state index in [-0.39, 0.29) is 5.91 Å². The maximum absolute atomic E-state index is 13.3. The van der Waals surface area contributed by atoms with Gasteiger partial charge in [-0.15, -0.1) is 0 Å². The molecule has 0 radical (unpaired) electrons. The Labute approximate surface area is 140 Å². The van der Waals surface area contributed by atoms with Crippen LogP contribution in [0, 0.1) is 19.8 Å². The monoisotopic (exact) mass is 317 g/mol. The molecule has 1 amide bonds. The van der Waals surface area contributed by atoms with Gasteiger partial charge >= 0.3 is 0 Å². The van der Waals surface area contributed by atoms with E-state index in [0.717, 1.165) is 48.8 Å². The topological polar surface area (TPSA) is 38.1 Å². The van der Waals surface area contributed by atoms with E-state index in [1.54, 1.807) is 0 Å². The van der Waals surface area contributed by atoms with E-state index in [1.165, 1.54) is 38.5 Å². The summed E-state index contributed by atoms with van der Waals surface area (Å²) in [5, 5.41) is 4.61. The van der Waals surface area contributed by atoms with Crippen molar-refractivity contribution in [3.05, 3.63) is 17.0 Å². The minimum Gasteiger partial charge on any atom is -0.335 e. The van der Waals surface area contributed by atoms with Gasteiger partial charge in [-0.05, 0) is 51.9 Å². The van der Waals surface area contributed by atoms with Gasteiger partial charge in [0.05, 0.1) is 11.3 Å². The van der Waals surface area contributed by atoms with Crippen LogP contribution >= 0.6 is 0 Å². The third-order valence-corrected chi connectivity index (χ3v) is 5.78. The number of hydrogen-bond donors (Lipinski definition) is 0. The molecule has 1 aliphatic carbocycles. The molecule has 0 bridgehead atoms. The Bertz CT molecular complexity index is 563. The number of amides is 1. The van der Waals surface area contributed by atoms with Crippen LogP contribution in [0.15, 0.2) is 0 Å². The first-order chi connectivity index (χ1) is 11.1. The molecule has 0 N–H and O–H groups in total. The number of fused-ring (bicyclic) bond motifs is 1. The van der Waals surface area contributed by atoms with Gasteiger partial charge in [-0.3, -0.25) is 9.48 Å². The van der Waals surface area contributed by atoms with Crippen molar-refractivity contribution >= 4 is 5.91 Å². The Balaban J connectivity index is 1.89. The second-order valence-corrected chi connectivity index (χ2v) is 7.38. The molecule has 0 aromatic carbocycles. The molecular weight excluding hydrogens is 286 g/mol. The smallest absolute Gasteiger partial charge is 0.257 e. The highest BCUT2D eigenvalue weighted by atomic mass is 16.2. The fraction of sp³-hybridized carbons (Fsp3) is 0.789. The zero-order valence-corrected chi connectivity index (χ0v) is 15.0. The van der Waals surface area contributed by atoms with Crippen LogP contribution in [-0.2, 0) is 6.54 Å². The van der Waals surface area contributed by atoms with Crippen LogP contribution in [0.1, 0.15) is 80.0 Å². The average molecular weight is 317 g/mol. The first-order valence-corrected chi connectivity index (χ1v) is 9.48. The molecule has 2 fully saturated rings. The van der Waals surface area contributed by atoms with E-state index in [1.807, 2.05) is 11.6 Å². The molecule has 2 atom stereocenters. The molecule has 128 valence electrons. The van der Waals surface area contributed by atoms with Gasteiger partial charge in [0, 0.05) is 24.8 Å². The Kier molecular flexibility index (Phi) is 5.08. The molecule has 4 heteroatoms. The molecule has 0 unspecified atom stereocenters. The van der Waals surface area contributed by atoms with Crippen LogP contribution in [0.4, 0.5) is 0 Å². The van der Waals surface area contributed by atoms with E-state index >= 15 is 0 Å². The maximum atomic E-state index is 13.3. The second-order valence-electron chi connectivity index (χ2n) is 7.38. The van der Waals surface area contributed by atoms with Crippen LogP contribution in [0.2, 0.25) is 0 Å². The van der Waals surface area contributed by atoms with Crippen molar-refractivity contribution in [1.82, 2.24) is 14.7 Å². The summed E-state index contributed by atoms with van der Waals surface area (Å²) in [6.07, 6.45) is 9.90. The maximum Gasteiger partial charge on any atom is 0.257 e.